The Kier molecular flexibility index (Phi) is 7.56. The fourth-order valence-corrected chi connectivity index (χ4v) is 12.1. The average Bonchev–Trinajstić information content (AvgIpc) is 4.02. The minimum Gasteiger partial charge on any atom is -0.310 e. The molecule has 0 unspecified atom stereocenters. The summed E-state index contributed by atoms with van der Waals surface area (Å²) in [5.41, 5.74) is 20.3. The molecule has 0 aliphatic heterocycles. The van der Waals surface area contributed by atoms with Crippen LogP contribution in [0.3, 0.4) is 0 Å². The number of benzene rings is 7. The van der Waals surface area contributed by atoms with Crippen LogP contribution in [0, 0.1) is 0 Å². The highest BCUT2D eigenvalue weighted by molar-refractivity contribution is 6.10. The summed E-state index contributed by atoms with van der Waals surface area (Å²) in [6.45, 7) is 4.79. The molecule has 1 aromatic heterocycles. The Balaban J connectivity index is 1.09. The van der Waals surface area contributed by atoms with Gasteiger partial charge < -0.3 is 9.47 Å². The number of hydrogen-bond acceptors (Lipinski definition) is 1. The number of aromatic nitrogens is 1. The van der Waals surface area contributed by atoms with Crippen molar-refractivity contribution in [1.29, 1.82) is 0 Å². The van der Waals surface area contributed by atoms with Crippen molar-refractivity contribution in [3.05, 3.63) is 179 Å². The molecule has 12 rings (SSSR count). The molecule has 0 radical (unpaired) electrons. The van der Waals surface area contributed by atoms with Gasteiger partial charge in [0.1, 0.15) is 0 Å². The molecule has 4 aliphatic rings. The molecule has 2 saturated carbocycles. The first-order valence-electron chi connectivity index (χ1n) is 21.9. The molecule has 0 bridgehead atoms. The molecule has 0 amide bonds. The van der Waals surface area contributed by atoms with Crippen molar-refractivity contribution in [2.45, 2.75) is 88.4 Å². The molecule has 8 aromatic rings. The van der Waals surface area contributed by atoms with Crippen molar-refractivity contribution in [1.82, 2.24) is 4.57 Å². The summed E-state index contributed by atoms with van der Waals surface area (Å²) in [5.74, 6) is 0.649. The van der Waals surface area contributed by atoms with E-state index >= 15 is 0 Å². The standard InChI is InChI=1S/C56H50N2/c1-55(2)49-21-11-9-19-43(49)45-28-24-40(34-51(45)55)57(41-25-29-46-44-20-10-12-22-50(44)56(52(46)35-41)31-13-14-32-56)42-26-30-48-47-27-23-38(37-15-5-3-6-16-37)33-53(47)58(54(48)36-42)39-17-7-4-8-18-39/h4,7-12,17-30,33-37H,3,5-6,13-16,31-32H2,1-2H3. The molecule has 1 spiro atoms. The molecule has 2 heteroatoms. The zero-order valence-corrected chi connectivity index (χ0v) is 33.8. The average molecular weight is 751 g/mol. The smallest absolute Gasteiger partial charge is 0.0561 e. The van der Waals surface area contributed by atoms with E-state index in [0.29, 0.717) is 5.92 Å². The molecule has 2 fully saturated rings. The number of anilines is 3. The Labute approximate surface area is 342 Å². The first-order valence-corrected chi connectivity index (χ1v) is 21.9. The SMILES string of the molecule is CC1(C)c2ccccc2-c2ccc(N(c3ccc4c(c3)C3(CCCC3)c3ccccc3-4)c3ccc4c5ccc(C6CCCCC6)cc5n(-c5ccccc5)c4c3)cc21. The lowest BCUT2D eigenvalue weighted by Gasteiger charge is -2.31. The monoisotopic (exact) mass is 750 g/mol. The molecule has 4 aliphatic carbocycles. The van der Waals surface area contributed by atoms with E-state index in [0.717, 1.165) is 0 Å². The van der Waals surface area contributed by atoms with E-state index < -0.39 is 0 Å². The summed E-state index contributed by atoms with van der Waals surface area (Å²) < 4.78 is 2.54. The Hall–Kier alpha value is -5.86. The molecule has 0 N–H and O–H groups in total. The zero-order valence-electron chi connectivity index (χ0n) is 33.8. The van der Waals surface area contributed by atoms with Crippen LogP contribution in [0.4, 0.5) is 17.1 Å². The first kappa shape index (κ1) is 34.2. The van der Waals surface area contributed by atoms with Gasteiger partial charge in [0.05, 0.1) is 11.0 Å². The molecule has 1 heterocycles. The summed E-state index contributed by atoms with van der Waals surface area (Å²) in [6.07, 6.45) is 11.6. The quantitative estimate of drug-likeness (QED) is 0.170. The van der Waals surface area contributed by atoms with Gasteiger partial charge in [-0.25, -0.2) is 0 Å². The van der Waals surface area contributed by atoms with Gasteiger partial charge in [-0.2, -0.15) is 0 Å². The van der Waals surface area contributed by atoms with E-state index in [1.165, 1.54) is 152 Å². The molecule has 0 saturated heterocycles. The summed E-state index contributed by atoms with van der Waals surface area (Å²) in [7, 11) is 0. The predicted molar refractivity (Wildman–Crippen MR) is 244 cm³/mol. The van der Waals surface area contributed by atoms with Gasteiger partial charge >= 0.3 is 0 Å². The molecular weight excluding hydrogens is 701 g/mol. The van der Waals surface area contributed by atoms with Crippen molar-refractivity contribution in [2.75, 3.05) is 4.90 Å². The normalized spacial score (nSPS) is 17.4. The summed E-state index contributed by atoms with van der Waals surface area (Å²) in [6, 6.07) is 58.6. The van der Waals surface area contributed by atoms with Crippen LogP contribution >= 0.6 is 0 Å². The third-order valence-electron chi connectivity index (χ3n) is 14.9. The Bertz CT molecular complexity index is 2910. The summed E-state index contributed by atoms with van der Waals surface area (Å²) in [5, 5.41) is 2.63. The van der Waals surface area contributed by atoms with E-state index in [9.17, 15) is 0 Å². The van der Waals surface area contributed by atoms with Crippen molar-refractivity contribution in [3.8, 4) is 27.9 Å². The van der Waals surface area contributed by atoms with Crippen LogP contribution in [0.1, 0.15) is 105 Å². The number of rotatable bonds is 5. The second-order valence-corrected chi connectivity index (χ2v) is 18.3. The highest BCUT2D eigenvalue weighted by Gasteiger charge is 2.45. The van der Waals surface area contributed by atoms with E-state index in [1.54, 1.807) is 0 Å². The maximum Gasteiger partial charge on any atom is 0.0561 e. The van der Waals surface area contributed by atoms with Crippen LogP contribution in [0.25, 0.3) is 49.7 Å². The van der Waals surface area contributed by atoms with Crippen LogP contribution < -0.4 is 4.90 Å². The van der Waals surface area contributed by atoms with Crippen LogP contribution in [0.2, 0.25) is 0 Å². The summed E-state index contributed by atoms with van der Waals surface area (Å²) in [4.78, 5) is 2.56. The molecule has 7 aromatic carbocycles. The fourth-order valence-electron chi connectivity index (χ4n) is 12.1. The fraction of sp³-hybridized carbons (Fsp3) is 0.250. The number of hydrogen-bond donors (Lipinski definition) is 0. The van der Waals surface area contributed by atoms with Gasteiger partial charge in [-0.15, -0.1) is 0 Å². The van der Waals surface area contributed by atoms with Gasteiger partial charge in [0.2, 0.25) is 0 Å². The molecule has 58 heavy (non-hydrogen) atoms. The lowest BCUT2D eigenvalue weighted by Crippen LogP contribution is -2.21. The van der Waals surface area contributed by atoms with Gasteiger partial charge in [0.25, 0.3) is 0 Å². The van der Waals surface area contributed by atoms with Crippen molar-refractivity contribution in [2.24, 2.45) is 0 Å². The van der Waals surface area contributed by atoms with Crippen LogP contribution in [-0.4, -0.2) is 4.57 Å². The number of nitrogens with zero attached hydrogens (tertiary/aromatic N) is 2. The van der Waals surface area contributed by atoms with Gasteiger partial charge in [-0.3, -0.25) is 0 Å². The topological polar surface area (TPSA) is 8.17 Å². The second kappa shape index (κ2) is 12.8. The van der Waals surface area contributed by atoms with E-state index in [2.05, 4.69) is 175 Å². The summed E-state index contributed by atoms with van der Waals surface area (Å²) >= 11 is 0. The number of fused-ring (bicyclic) bond motifs is 11. The van der Waals surface area contributed by atoms with Crippen LogP contribution in [-0.2, 0) is 10.8 Å². The Morgan fingerprint density at radius 1 is 0.466 bits per heavy atom. The highest BCUT2D eigenvalue weighted by atomic mass is 15.1. The maximum absolute atomic E-state index is 2.57. The molecule has 284 valence electrons. The molecule has 2 nitrogen and oxygen atoms in total. The molecular formula is C56H50N2. The van der Waals surface area contributed by atoms with Gasteiger partial charge in [-0.05, 0) is 136 Å². The molecule has 0 atom stereocenters. The lowest BCUT2D eigenvalue weighted by molar-refractivity contribution is 0.444. The van der Waals surface area contributed by atoms with Crippen LogP contribution in [0.15, 0.2) is 152 Å². The lowest BCUT2D eigenvalue weighted by atomic mass is 9.76. The minimum absolute atomic E-state index is 0.0922. The van der Waals surface area contributed by atoms with Crippen molar-refractivity contribution < 1.29 is 0 Å². The minimum atomic E-state index is -0.0964. The largest absolute Gasteiger partial charge is 0.310 e. The van der Waals surface area contributed by atoms with Gasteiger partial charge in [0.15, 0.2) is 0 Å². The highest BCUT2D eigenvalue weighted by Crippen LogP contribution is 2.58. The van der Waals surface area contributed by atoms with E-state index in [1.807, 2.05) is 0 Å². The zero-order chi connectivity index (χ0) is 38.6. The maximum atomic E-state index is 2.57. The first-order chi connectivity index (χ1) is 28.5. The Morgan fingerprint density at radius 3 is 1.76 bits per heavy atom. The third-order valence-corrected chi connectivity index (χ3v) is 14.9. The van der Waals surface area contributed by atoms with Crippen molar-refractivity contribution in [3.63, 3.8) is 0 Å². The van der Waals surface area contributed by atoms with Gasteiger partial charge in [0, 0.05) is 44.4 Å². The van der Waals surface area contributed by atoms with E-state index in [-0.39, 0.29) is 10.8 Å². The van der Waals surface area contributed by atoms with Crippen LogP contribution in [0.5, 0.6) is 0 Å². The van der Waals surface area contributed by atoms with E-state index in [4.69, 9.17) is 0 Å². The van der Waals surface area contributed by atoms with Crippen molar-refractivity contribution >= 4 is 38.9 Å². The van der Waals surface area contributed by atoms with Gasteiger partial charge in [-0.1, -0.05) is 143 Å². The number of para-hydroxylation sites is 1. The third kappa shape index (κ3) is 4.90. The second-order valence-electron chi connectivity index (χ2n) is 18.3. The predicted octanol–water partition coefficient (Wildman–Crippen LogP) is 15.4. The Morgan fingerprint density at radius 2 is 1.02 bits per heavy atom.